The van der Waals surface area contributed by atoms with E-state index < -0.39 is 12.2 Å². The van der Waals surface area contributed by atoms with Crippen LogP contribution in [0.1, 0.15) is 28.6 Å². The lowest BCUT2D eigenvalue weighted by atomic mass is 10.1. The van der Waals surface area contributed by atoms with Gasteiger partial charge in [0.05, 0.1) is 24.1 Å². The quantitative estimate of drug-likeness (QED) is 0.778. The fourth-order valence-electron chi connectivity index (χ4n) is 3.30. The zero-order chi connectivity index (χ0) is 16.0. The second-order valence-electron chi connectivity index (χ2n) is 5.88. The standard InChI is InChI=1S/C18H18N2O3/c1-11-14(10-21)20-8-4-7-16(18(20)19-11)23-17-13-6-3-2-5-12(13)9-15(17)22/h2-8,15,17,21-22H,9-10H2,1H3/t15-,17-/m0/s1. The van der Waals surface area contributed by atoms with E-state index in [0.29, 0.717) is 17.8 Å². The number of aryl methyl sites for hydroxylation is 1. The van der Waals surface area contributed by atoms with Gasteiger partial charge in [-0.25, -0.2) is 4.98 Å². The third kappa shape index (κ3) is 2.20. The fourth-order valence-corrected chi connectivity index (χ4v) is 3.30. The molecule has 2 heterocycles. The van der Waals surface area contributed by atoms with Crippen LogP contribution in [0.2, 0.25) is 0 Å². The number of hydrogen-bond donors (Lipinski definition) is 2. The Morgan fingerprint density at radius 1 is 1.26 bits per heavy atom. The van der Waals surface area contributed by atoms with Crippen LogP contribution in [0.5, 0.6) is 5.75 Å². The van der Waals surface area contributed by atoms with Gasteiger partial charge in [0.2, 0.25) is 0 Å². The van der Waals surface area contributed by atoms with Gasteiger partial charge < -0.3 is 14.9 Å². The molecule has 0 amide bonds. The minimum atomic E-state index is -0.568. The molecule has 0 aliphatic heterocycles. The van der Waals surface area contributed by atoms with Crippen LogP contribution >= 0.6 is 0 Å². The average Bonchev–Trinajstić information content (AvgIpc) is 3.04. The molecular formula is C18H18N2O3. The van der Waals surface area contributed by atoms with Crippen molar-refractivity contribution >= 4 is 5.65 Å². The molecule has 2 aromatic heterocycles. The second kappa shape index (κ2) is 5.37. The third-order valence-electron chi connectivity index (χ3n) is 4.46. The summed E-state index contributed by atoms with van der Waals surface area (Å²) >= 11 is 0. The van der Waals surface area contributed by atoms with E-state index in [1.165, 1.54) is 0 Å². The van der Waals surface area contributed by atoms with Gasteiger partial charge >= 0.3 is 0 Å². The maximum atomic E-state index is 10.4. The Balaban J connectivity index is 1.77. The molecule has 1 aliphatic carbocycles. The van der Waals surface area contributed by atoms with E-state index in [1.54, 1.807) is 0 Å². The SMILES string of the molecule is Cc1nc2c(O[C@H]3c4ccccc4C[C@@H]3O)cccn2c1CO. The molecule has 1 aliphatic rings. The Morgan fingerprint density at radius 2 is 2.09 bits per heavy atom. The number of hydrogen-bond acceptors (Lipinski definition) is 4. The molecule has 0 saturated carbocycles. The molecule has 2 N–H and O–H groups in total. The summed E-state index contributed by atoms with van der Waals surface area (Å²) in [5.74, 6) is 0.607. The largest absolute Gasteiger partial charge is 0.479 e. The number of imidazole rings is 1. The minimum Gasteiger partial charge on any atom is -0.479 e. The maximum absolute atomic E-state index is 10.4. The molecule has 2 atom stereocenters. The van der Waals surface area contributed by atoms with Gasteiger partial charge in [-0.3, -0.25) is 4.40 Å². The van der Waals surface area contributed by atoms with Crippen LogP contribution in [-0.2, 0) is 13.0 Å². The molecule has 0 saturated heterocycles. The van der Waals surface area contributed by atoms with Crippen molar-refractivity contribution in [1.29, 1.82) is 0 Å². The van der Waals surface area contributed by atoms with Crippen molar-refractivity contribution in [2.24, 2.45) is 0 Å². The molecule has 0 spiro atoms. The highest BCUT2D eigenvalue weighted by molar-refractivity contribution is 5.56. The summed E-state index contributed by atoms with van der Waals surface area (Å²) in [6.45, 7) is 1.79. The van der Waals surface area contributed by atoms with Gasteiger partial charge in [0.15, 0.2) is 17.5 Å². The molecule has 0 bridgehead atoms. The molecule has 0 fully saturated rings. The number of fused-ring (bicyclic) bond motifs is 2. The van der Waals surface area contributed by atoms with Crippen LogP contribution in [-0.4, -0.2) is 25.7 Å². The summed E-state index contributed by atoms with van der Waals surface area (Å²) in [5, 5.41) is 19.9. The number of benzene rings is 1. The highest BCUT2D eigenvalue weighted by Crippen LogP contribution is 2.36. The van der Waals surface area contributed by atoms with Crippen LogP contribution in [0.15, 0.2) is 42.6 Å². The molecule has 3 aromatic rings. The molecule has 118 valence electrons. The number of ether oxygens (including phenoxy) is 1. The Morgan fingerprint density at radius 3 is 2.91 bits per heavy atom. The average molecular weight is 310 g/mol. The number of rotatable bonds is 3. The first-order chi connectivity index (χ1) is 11.2. The Hall–Kier alpha value is -2.37. The summed E-state index contributed by atoms with van der Waals surface area (Å²) in [7, 11) is 0. The molecule has 5 heteroatoms. The van der Waals surface area contributed by atoms with Crippen molar-refractivity contribution in [3.8, 4) is 5.75 Å². The van der Waals surface area contributed by atoms with Gasteiger partial charge in [0.1, 0.15) is 0 Å². The smallest absolute Gasteiger partial charge is 0.180 e. The molecule has 5 nitrogen and oxygen atoms in total. The molecule has 23 heavy (non-hydrogen) atoms. The highest BCUT2D eigenvalue weighted by Gasteiger charge is 2.33. The summed E-state index contributed by atoms with van der Waals surface area (Å²) in [6.07, 6.45) is 1.49. The van der Waals surface area contributed by atoms with Crippen molar-refractivity contribution in [3.63, 3.8) is 0 Å². The number of aliphatic hydroxyl groups is 2. The normalized spacial score (nSPS) is 20.0. The number of pyridine rings is 1. The van der Waals surface area contributed by atoms with E-state index in [0.717, 1.165) is 22.5 Å². The van der Waals surface area contributed by atoms with Crippen LogP contribution in [0.4, 0.5) is 0 Å². The lowest BCUT2D eigenvalue weighted by Crippen LogP contribution is -2.19. The van der Waals surface area contributed by atoms with Gasteiger partial charge in [-0.05, 0) is 30.2 Å². The van der Waals surface area contributed by atoms with Gasteiger partial charge in [-0.15, -0.1) is 0 Å². The first-order valence-electron chi connectivity index (χ1n) is 7.69. The van der Waals surface area contributed by atoms with E-state index in [-0.39, 0.29) is 6.61 Å². The van der Waals surface area contributed by atoms with Crippen molar-refractivity contribution in [1.82, 2.24) is 9.38 Å². The monoisotopic (exact) mass is 310 g/mol. The lowest BCUT2D eigenvalue weighted by Gasteiger charge is -2.18. The van der Waals surface area contributed by atoms with Gasteiger partial charge in [-0.2, -0.15) is 0 Å². The first-order valence-corrected chi connectivity index (χ1v) is 7.69. The van der Waals surface area contributed by atoms with Crippen LogP contribution in [0.3, 0.4) is 0 Å². The number of aliphatic hydroxyl groups excluding tert-OH is 2. The molecule has 4 rings (SSSR count). The number of nitrogens with zero attached hydrogens (tertiary/aromatic N) is 2. The van der Waals surface area contributed by atoms with Gasteiger partial charge in [0.25, 0.3) is 0 Å². The van der Waals surface area contributed by atoms with E-state index in [4.69, 9.17) is 4.74 Å². The molecule has 0 radical (unpaired) electrons. The Kier molecular flexibility index (Phi) is 3.32. The zero-order valence-electron chi connectivity index (χ0n) is 12.8. The lowest BCUT2D eigenvalue weighted by molar-refractivity contribution is 0.0502. The predicted molar refractivity (Wildman–Crippen MR) is 85.4 cm³/mol. The Bertz CT molecular complexity index is 872. The summed E-state index contributed by atoms with van der Waals surface area (Å²) in [6, 6.07) is 11.6. The van der Waals surface area contributed by atoms with Crippen LogP contribution in [0, 0.1) is 6.92 Å². The van der Waals surface area contributed by atoms with Gasteiger partial charge in [-0.1, -0.05) is 24.3 Å². The van der Waals surface area contributed by atoms with E-state index in [1.807, 2.05) is 53.9 Å². The van der Waals surface area contributed by atoms with Crippen LogP contribution < -0.4 is 4.74 Å². The third-order valence-corrected chi connectivity index (χ3v) is 4.46. The second-order valence-corrected chi connectivity index (χ2v) is 5.88. The van der Waals surface area contributed by atoms with Crippen LogP contribution in [0.25, 0.3) is 5.65 Å². The van der Waals surface area contributed by atoms with Crippen molar-refractivity contribution in [2.75, 3.05) is 0 Å². The predicted octanol–water partition coefficient (Wildman–Crippen LogP) is 2.17. The molecule has 1 aromatic carbocycles. The highest BCUT2D eigenvalue weighted by atomic mass is 16.5. The summed E-state index contributed by atoms with van der Waals surface area (Å²) in [4.78, 5) is 4.50. The van der Waals surface area contributed by atoms with E-state index in [2.05, 4.69) is 4.98 Å². The van der Waals surface area contributed by atoms with Crippen molar-refractivity contribution in [2.45, 2.75) is 32.2 Å². The summed E-state index contributed by atoms with van der Waals surface area (Å²) < 4.78 is 7.96. The Labute approximate surface area is 133 Å². The van der Waals surface area contributed by atoms with E-state index in [9.17, 15) is 10.2 Å². The first kappa shape index (κ1) is 14.2. The maximum Gasteiger partial charge on any atom is 0.180 e. The summed E-state index contributed by atoms with van der Waals surface area (Å²) in [5.41, 5.74) is 4.32. The minimum absolute atomic E-state index is 0.0780. The number of aromatic nitrogens is 2. The zero-order valence-corrected chi connectivity index (χ0v) is 12.8. The van der Waals surface area contributed by atoms with E-state index >= 15 is 0 Å². The molecule has 0 unspecified atom stereocenters. The van der Waals surface area contributed by atoms with Crippen molar-refractivity contribution in [3.05, 3.63) is 65.1 Å². The molecular weight excluding hydrogens is 292 g/mol. The van der Waals surface area contributed by atoms with Crippen molar-refractivity contribution < 1.29 is 14.9 Å². The van der Waals surface area contributed by atoms with Gasteiger partial charge in [0, 0.05) is 12.6 Å². The topological polar surface area (TPSA) is 67.0 Å². The fraction of sp³-hybridized carbons (Fsp3) is 0.278.